The van der Waals surface area contributed by atoms with E-state index in [1.54, 1.807) is 6.20 Å². The normalized spacial score (nSPS) is 14.7. The van der Waals surface area contributed by atoms with Crippen LogP contribution < -0.4 is 10.9 Å². The fraction of sp³-hybridized carbons (Fsp3) is 0.240. The van der Waals surface area contributed by atoms with Crippen LogP contribution in [-0.2, 0) is 0 Å². The number of aromatic nitrogens is 3. The number of anilines is 1. The smallest absolute Gasteiger partial charge is 0.262 e. The Bertz CT molecular complexity index is 1210. The highest BCUT2D eigenvalue weighted by atomic mass is 16.1. The van der Waals surface area contributed by atoms with E-state index >= 15 is 0 Å². The van der Waals surface area contributed by atoms with E-state index in [4.69, 9.17) is 0 Å². The van der Waals surface area contributed by atoms with Crippen molar-refractivity contribution in [2.24, 2.45) is 0 Å². The lowest BCUT2D eigenvalue weighted by molar-refractivity contribution is 0.461. The number of rotatable bonds is 4. The number of H-pyrrole nitrogens is 1. The number of benzene rings is 2. The van der Waals surface area contributed by atoms with Gasteiger partial charge in [-0.3, -0.25) is 9.78 Å². The highest BCUT2D eigenvalue weighted by Crippen LogP contribution is 2.28. The third kappa shape index (κ3) is 3.71. The van der Waals surface area contributed by atoms with Crippen molar-refractivity contribution in [1.29, 1.82) is 0 Å². The minimum Gasteiger partial charge on any atom is -0.353 e. The minimum atomic E-state index is -0.159. The third-order valence-electron chi connectivity index (χ3n) is 5.86. The van der Waals surface area contributed by atoms with Gasteiger partial charge in [0.1, 0.15) is 0 Å². The Hall–Kier alpha value is -3.47. The molecule has 0 bridgehead atoms. The van der Waals surface area contributed by atoms with Gasteiger partial charge in [0.15, 0.2) is 5.65 Å². The molecular weight excluding hydrogens is 372 g/mol. The van der Waals surface area contributed by atoms with Gasteiger partial charge >= 0.3 is 0 Å². The summed E-state index contributed by atoms with van der Waals surface area (Å²) in [5.41, 5.74) is 4.44. The summed E-state index contributed by atoms with van der Waals surface area (Å²) in [4.78, 5) is 24.9. The van der Waals surface area contributed by atoms with Gasteiger partial charge in [-0.25, -0.2) is 4.98 Å². The molecule has 0 spiro atoms. The first-order valence-electron chi connectivity index (χ1n) is 10.6. The van der Waals surface area contributed by atoms with Crippen LogP contribution in [0.1, 0.15) is 32.1 Å². The average Bonchev–Trinajstić information content (AvgIpc) is 2.80. The van der Waals surface area contributed by atoms with Gasteiger partial charge in [0.2, 0.25) is 5.95 Å². The lowest BCUT2D eigenvalue weighted by atomic mass is 9.96. The second-order valence-corrected chi connectivity index (χ2v) is 7.89. The zero-order valence-electron chi connectivity index (χ0n) is 16.8. The fourth-order valence-corrected chi connectivity index (χ4v) is 4.29. The SMILES string of the molecule is O=c1[nH]c(NC2CCCCC2)nc2nccc(-c3ccc(-c4ccccc4)cc3)c12. The first-order valence-corrected chi connectivity index (χ1v) is 10.6. The number of nitrogens with one attached hydrogen (secondary N) is 2. The molecule has 2 aromatic heterocycles. The maximum atomic E-state index is 12.9. The van der Waals surface area contributed by atoms with Crippen molar-refractivity contribution in [1.82, 2.24) is 15.0 Å². The molecule has 5 heteroatoms. The Morgan fingerprint density at radius 3 is 2.30 bits per heavy atom. The number of hydrogen-bond donors (Lipinski definition) is 2. The van der Waals surface area contributed by atoms with Crippen molar-refractivity contribution in [2.75, 3.05) is 5.32 Å². The van der Waals surface area contributed by atoms with Gasteiger partial charge in [-0.2, -0.15) is 4.98 Å². The zero-order chi connectivity index (χ0) is 20.3. The molecule has 2 N–H and O–H groups in total. The van der Waals surface area contributed by atoms with Crippen molar-refractivity contribution >= 4 is 17.0 Å². The summed E-state index contributed by atoms with van der Waals surface area (Å²) in [5, 5.41) is 3.92. The molecule has 2 aromatic carbocycles. The van der Waals surface area contributed by atoms with Crippen molar-refractivity contribution in [3.05, 3.63) is 77.2 Å². The monoisotopic (exact) mass is 396 g/mol. The summed E-state index contributed by atoms with van der Waals surface area (Å²) in [6, 6.07) is 20.8. The largest absolute Gasteiger partial charge is 0.353 e. The summed E-state index contributed by atoms with van der Waals surface area (Å²) in [5.74, 6) is 0.517. The average molecular weight is 396 g/mol. The summed E-state index contributed by atoms with van der Waals surface area (Å²) < 4.78 is 0. The number of aromatic amines is 1. The molecule has 0 atom stereocenters. The molecule has 0 aliphatic heterocycles. The summed E-state index contributed by atoms with van der Waals surface area (Å²) >= 11 is 0. The van der Waals surface area contributed by atoms with E-state index in [1.165, 1.54) is 24.8 Å². The number of nitrogens with zero attached hydrogens (tertiary/aromatic N) is 2. The van der Waals surface area contributed by atoms with Crippen LogP contribution in [0.25, 0.3) is 33.3 Å². The highest BCUT2D eigenvalue weighted by molar-refractivity contribution is 5.92. The fourth-order valence-electron chi connectivity index (χ4n) is 4.29. The van der Waals surface area contributed by atoms with Gasteiger partial charge in [-0.15, -0.1) is 0 Å². The maximum absolute atomic E-state index is 12.9. The van der Waals surface area contributed by atoms with Gasteiger partial charge in [0.05, 0.1) is 5.39 Å². The van der Waals surface area contributed by atoms with Crippen LogP contribution in [0.4, 0.5) is 5.95 Å². The molecule has 5 nitrogen and oxygen atoms in total. The molecule has 0 unspecified atom stereocenters. The Morgan fingerprint density at radius 1 is 0.833 bits per heavy atom. The topological polar surface area (TPSA) is 70.7 Å². The van der Waals surface area contributed by atoms with E-state index in [1.807, 2.05) is 36.4 Å². The molecule has 1 fully saturated rings. The van der Waals surface area contributed by atoms with Crippen LogP contribution in [0, 0.1) is 0 Å². The second kappa shape index (κ2) is 8.11. The maximum Gasteiger partial charge on any atom is 0.262 e. The molecule has 0 saturated heterocycles. The highest BCUT2D eigenvalue weighted by Gasteiger charge is 2.16. The number of hydrogen-bond acceptors (Lipinski definition) is 4. The van der Waals surface area contributed by atoms with Gasteiger partial charge in [-0.05, 0) is 41.2 Å². The van der Waals surface area contributed by atoms with E-state index in [-0.39, 0.29) is 5.56 Å². The molecule has 30 heavy (non-hydrogen) atoms. The van der Waals surface area contributed by atoms with Gasteiger partial charge in [0.25, 0.3) is 5.56 Å². The lowest BCUT2D eigenvalue weighted by Gasteiger charge is -2.22. The molecule has 1 aliphatic rings. The molecule has 0 amide bonds. The Balaban J connectivity index is 1.49. The first-order chi connectivity index (χ1) is 14.8. The summed E-state index contributed by atoms with van der Waals surface area (Å²) in [6.07, 6.45) is 7.67. The van der Waals surface area contributed by atoms with E-state index in [0.29, 0.717) is 23.0 Å². The van der Waals surface area contributed by atoms with Crippen LogP contribution in [0.5, 0.6) is 0 Å². The minimum absolute atomic E-state index is 0.159. The lowest BCUT2D eigenvalue weighted by Crippen LogP contribution is -2.25. The van der Waals surface area contributed by atoms with Crippen LogP contribution >= 0.6 is 0 Å². The first kappa shape index (κ1) is 18.6. The van der Waals surface area contributed by atoms with Crippen molar-refractivity contribution < 1.29 is 0 Å². The predicted octanol–water partition coefficient (Wildman–Crippen LogP) is 5.40. The van der Waals surface area contributed by atoms with Crippen LogP contribution in [0.15, 0.2) is 71.7 Å². The van der Waals surface area contributed by atoms with Crippen molar-refractivity contribution in [2.45, 2.75) is 38.1 Å². The van der Waals surface area contributed by atoms with Crippen LogP contribution in [0.3, 0.4) is 0 Å². The predicted molar refractivity (Wildman–Crippen MR) is 122 cm³/mol. The van der Waals surface area contributed by atoms with Gasteiger partial charge in [0, 0.05) is 12.2 Å². The van der Waals surface area contributed by atoms with Gasteiger partial charge in [-0.1, -0.05) is 73.9 Å². The summed E-state index contributed by atoms with van der Waals surface area (Å²) in [6.45, 7) is 0. The third-order valence-corrected chi connectivity index (χ3v) is 5.86. The number of pyridine rings is 1. The van der Waals surface area contributed by atoms with E-state index in [2.05, 4.69) is 44.5 Å². The second-order valence-electron chi connectivity index (χ2n) is 7.89. The molecule has 1 aliphatic carbocycles. The molecule has 150 valence electrons. The Kier molecular flexibility index (Phi) is 5.01. The molecule has 1 saturated carbocycles. The Morgan fingerprint density at radius 2 is 1.53 bits per heavy atom. The van der Waals surface area contributed by atoms with E-state index in [9.17, 15) is 4.79 Å². The summed E-state index contributed by atoms with van der Waals surface area (Å²) in [7, 11) is 0. The molecule has 4 aromatic rings. The molecular formula is C25H24N4O. The standard InChI is InChI=1S/C25H24N4O/c30-24-22-21(19-13-11-18(12-14-19)17-7-3-1-4-8-17)15-16-26-23(22)28-25(29-24)27-20-9-5-2-6-10-20/h1,3-4,7-8,11-16,20H,2,5-6,9-10H2,(H2,26,27,28,29,30). The van der Waals surface area contributed by atoms with E-state index < -0.39 is 0 Å². The van der Waals surface area contributed by atoms with Crippen molar-refractivity contribution in [3.8, 4) is 22.3 Å². The molecule has 0 radical (unpaired) electrons. The van der Waals surface area contributed by atoms with E-state index in [0.717, 1.165) is 29.5 Å². The van der Waals surface area contributed by atoms with Crippen LogP contribution in [-0.4, -0.2) is 21.0 Å². The van der Waals surface area contributed by atoms with Crippen molar-refractivity contribution in [3.63, 3.8) is 0 Å². The number of fused-ring (bicyclic) bond motifs is 1. The zero-order valence-corrected chi connectivity index (χ0v) is 16.8. The van der Waals surface area contributed by atoms with Crippen LogP contribution in [0.2, 0.25) is 0 Å². The molecule has 2 heterocycles. The Labute approximate surface area is 175 Å². The molecule has 5 rings (SSSR count). The van der Waals surface area contributed by atoms with Gasteiger partial charge < -0.3 is 5.32 Å². The quantitative estimate of drug-likeness (QED) is 0.485.